The lowest BCUT2D eigenvalue weighted by Crippen LogP contribution is -2.47. The van der Waals surface area contributed by atoms with E-state index in [1.54, 1.807) is 0 Å². The van der Waals surface area contributed by atoms with E-state index in [0.717, 1.165) is 24.9 Å². The molecule has 0 saturated carbocycles. The second kappa shape index (κ2) is 8.64. The van der Waals surface area contributed by atoms with Gasteiger partial charge in [0.15, 0.2) is 0 Å². The van der Waals surface area contributed by atoms with Gasteiger partial charge in [0.1, 0.15) is 6.61 Å². The molecule has 21 heavy (non-hydrogen) atoms. The molecule has 0 spiro atoms. The van der Waals surface area contributed by atoms with Gasteiger partial charge >= 0.3 is 6.09 Å². The van der Waals surface area contributed by atoms with E-state index in [9.17, 15) is 4.79 Å². The summed E-state index contributed by atoms with van der Waals surface area (Å²) < 4.78 is 5.20. The molecule has 2 N–H and O–H groups in total. The monoisotopic (exact) mass is 292 g/mol. The lowest BCUT2D eigenvalue weighted by atomic mass is 10.0. The highest BCUT2D eigenvalue weighted by Gasteiger charge is 2.22. The van der Waals surface area contributed by atoms with E-state index in [4.69, 9.17) is 9.84 Å². The third-order valence-corrected chi connectivity index (χ3v) is 3.83. The molecule has 1 heterocycles. The predicted octanol–water partition coefficient (Wildman–Crippen LogP) is 1.76. The molecule has 0 aromatic heterocycles. The Labute approximate surface area is 125 Å². The molecular weight excluding hydrogens is 268 g/mol. The molecule has 5 nitrogen and oxygen atoms in total. The number of β-amino-alcohol motifs (C(OH)–C–C–N with tert-alkyl or cyclic N) is 1. The van der Waals surface area contributed by atoms with Crippen molar-refractivity contribution in [3.8, 4) is 0 Å². The first-order valence-electron chi connectivity index (χ1n) is 7.59. The van der Waals surface area contributed by atoms with Crippen LogP contribution in [0.5, 0.6) is 0 Å². The van der Waals surface area contributed by atoms with Gasteiger partial charge in [0.25, 0.3) is 0 Å². The summed E-state index contributed by atoms with van der Waals surface area (Å²) in [6, 6.07) is 9.93. The predicted molar refractivity (Wildman–Crippen MR) is 80.9 cm³/mol. The highest BCUT2D eigenvalue weighted by Crippen LogP contribution is 2.15. The van der Waals surface area contributed by atoms with Crippen molar-refractivity contribution in [2.75, 3.05) is 26.2 Å². The number of aliphatic hydroxyl groups is 1. The normalized spacial score (nSPS) is 19.2. The number of amides is 1. The second-order valence-corrected chi connectivity index (χ2v) is 5.35. The summed E-state index contributed by atoms with van der Waals surface area (Å²) in [5.41, 5.74) is 0.979. The maximum absolute atomic E-state index is 11.7. The van der Waals surface area contributed by atoms with Crippen molar-refractivity contribution in [2.24, 2.45) is 0 Å². The average Bonchev–Trinajstić information content (AvgIpc) is 2.53. The molecule has 5 heteroatoms. The molecule has 116 valence electrons. The molecule has 1 atom stereocenters. The number of carbonyl (C=O) groups excluding carboxylic acids is 1. The second-order valence-electron chi connectivity index (χ2n) is 5.35. The minimum Gasteiger partial charge on any atom is -0.445 e. The first kappa shape index (κ1) is 15.8. The van der Waals surface area contributed by atoms with Gasteiger partial charge in [-0.15, -0.1) is 0 Å². The molecule has 1 aliphatic heterocycles. The van der Waals surface area contributed by atoms with E-state index in [2.05, 4.69) is 10.2 Å². The van der Waals surface area contributed by atoms with Crippen molar-refractivity contribution in [1.29, 1.82) is 0 Å². The fourth-order valence-electron chi connectivity index (χ4n) is 2.69. The van der Waals surface area contributed by atoms with Crippen LogP contribution in [0.3, 0.4) is 0 Å². The van der Waals surface area contributed by atoms with Crippen LogP contribution in [0.1, 0.15) is 24.8 Å². The summed E-state index contributed by atoms with van der Waals surface area (Å²) in [6.07, 6.45) is 3.01. The zero-order valence-electron chi connectivity index (χ0n) is 12.3. The van der Waals surface area contributed by atoms with Gasteiger partial charge in [-0.05, 0) is 24.9 Å². The Morgan fingerprint density at radius 3 is 2.90 bits per heavy atom. The van der Waals surface area contributed by atoms with Crippen LogP contribution in [0.15, 0.2) is 30.3 Å². The molecule has 0 aliphatic carbocycles. The molecule has 2 rings (SSSR count). The van der Waals surface area contributed by atoms with Crippen molar-refractivity contribution >= 4 is 6.09 Å². The third kappa shape index (κ3) is 5.36. The molecule has 1 saturated heterocycles. The van der Waals surface area contributed by atoms with Gasteiger partial charge in [0, 0.05) is 19.1 Å². The Hall–Kier alpha value is -1.59. The molecule has 1 fully saturated rings. The summed E-state index contributed by atoms with van der Waals surface area (Å²) in [4.78, 5) is 14.0. The Kier molecular flexibility index (Phi) is 6.50. The first-order chi connectivity index (χ1) is 10.3. The topological polar surface area (TPSA) is 61.8 Å². The Morgan fingerprint density at radius 2 is 2.14 bits per heavy atom. The number of piperidine rings is 1. The number of hydrogen-bond acceptors (Lipinski definition) is 4. The van der Waals surface area contributed by atoms with E-state index >= 15 is 0 Å². The van der Waals surface area contributed by atoms with E-state index in [1.807, 2.05) is 30.3 Å². The van der Waals surface area contributed by atoms with Crippen molar-refractivity contribution in [1.82, 2.24) is 10.2 Å². The molecule has 1 aromatic carbocycles. The first-order valence-corrected chi connectivity index (χ1v) is 7.59. The molecule has 1 aromatic rings. The third-order valence-electron chi connectivity index (χ3n) is 3.83. The van der Waals surface area contributed by atoms with Crippen LogP contribution >= 0.6 is 0 Å². The van der Waals surface area contributed by atoms with Crippen LogP contribution in [-0.2, 0) is 11.3 Å². The van der Waals surface area contributed by atoms with Crippen LogP contribution in [0.2, 0.25) is 0 Å². The SMILES string of the molecule is O=C(NC[C@@H]1CCCCN1CCO)OCc1ccccc1. The Morgan fingerprint density at radius 1 is 1.33 bits per heavy atom. The van der Waals surface area contributed by atoms with E-state index in [0.29, 0.717) is 19.1 Å². The van der Waals surface area contributed by atoms with Crippen molar-refractivity contribution in [3.05, 3.63) is 35.9 Å². The highest BCUT2D eigenvalue weighted by molar-refractivity contribution is 5.67. The lowest BCUT2D eigenvalue weighted by molar-refractivity contribution is 0.106. The van der Waals surface area contributed by atoms with Crippen LogP contribution in [0, 0.1) is 0 Å². The van der Waals surface area contributed by atoms with Crippen LogP contribution in [0.4, 0.5) is 4.79 Å². The summed E-state index contributed by atoms with van der Waals surface area (Å²) in [7, 11) is 0. The maximum Gasteiger partial charge on any atom is 0.407 e. The number of nitrogens with zero attached hydrogens (tertiary/aromatic N) is 1. The number of aliphatic hydroxyl groups excluding tert-OH is 1. The van der Waals surface area contributed by atoms with Crippen molar-refractivity contribution < 1.29 is 14.6 Å². The van der Waals surface area contributed by atoms with E-state index in [-0.39, 0.29) is 19.3 Å². The van der Waals surface area contributed by atoms with Crippen molar-refractivity contribution in [2.45, 2.75) is 31.9 Å². The van der Waals surface area contributed by atoms with Gasteiger partial charge in [0.05, 0.1) is 6.61 Å². The van der Waals surface area contributed by atoms with Gasteiger partial charge in [-0.1, -0.05) is 36.8 Å². The van der Waals surface area contributed by atoms with E-state index < -0.39 is 0 Å². The number of alkyl carbamates (subject to hydrolysis) is 1. The molecular formula is C16H24N2O3. The van der Waals surface area contributed by atoms with Gasteiger partial charge in [-0.25, -0.2) is 4.79 Å². The highest BCUT2D eigenvalue weighted by atomic mass is 16.5. The molecule has 0 radical (unpaired) electrons. The summed E-state index contributed by atoms with van der Waals surface area (Å²) >= 11 is 0. The van der Waals surface area contributed by atoms with Crippen molar-refractivity contribution in [3.63, 3.8) is 0 Å². The number of likely N-dealkylation sites (tertiary alicyclic amines) is 1. The fraction of sp³-hybridized carbons (Fsp3) is 0.562. The van der Waals surface area contributed by atoms with E-state index in [1.165, 1.54) is 6.42 Å². The number of carbonyl (C=O) groups is 1. The number of nitrogens with one attached hydrogen (secondary N) is 1. The fourth-order valence-corrected chi connectivity index (χ4v) is 2.69. The van der Waals surface area contributed by atoms with Gasteiger partial charge < -0.3 is 15.2 Å². The summed E-state index contributed by atoms with van der Waals surface area (Å²) in [6.45, 7) is 2.69. The average molecular weight is 292 g/mol. The summed E-state index contributed by atoms with van der Waals surface area (Å²) in [5.74, 6) is 0. The number of rotatable bonds is 6. The minimum atomic E-state index is -0.381. The quantitative estimate of drug-likeness (QED) is 0.838. The van der Waals surface area contributed by atoms with Gasteiger partial charge in [-0.3, -0.25) is 4.90 Å². The number of ether oxygens (including phenoxy) is 1. The van der Waals surface area contributed by atoms with Crippen LogP contribution in [-0.4, -0.2) is 48.4 Å². The van der Waals surface area contributed by atoms with Gasteiger partial charge in [0.2, 0.25) is 0 Å². The Bertz CT molecular complexity index is 423. The molecule has 1 amide bonds. The van der Waals surface area contributed by atoms with Gasteiger partial charge in [-0.2, -0.15) is 0 Å². The standard InChI is InChI=1S/C16H24N2O3/c19-11-10-18-9-5-4-8-15(18)12-17-16(20)21-13-14-6-2-1-3-7-14/h1-3,6-7,15,19H,4-5,8-13H2,(H,17,20)/t15-/m0/s1. The molecule has 0 bridgehead atoms. The summed E-state index contributed by atoms with van der Waals surface area (Å²) in [5, 5.41) is 11.9. The van der Waals surface area contributed by atoms with Crippen LogP contribution in [0.25, 0.3) is 0 Å². The number of hydrogen-bond donors (Lipinski definition) is 2. The lowest BCUT2D eigenvalue weighted by Gasteiger charge is -2.35. The number of benzene rings is 1. The molecule has 1 aliphatic rings. The maximum atomic E-state index is 11.7. The minimum absolute atomic E-state index is 0.162. The zero-order chi connectivity index (χ0) is 14.9. The largest absolute Gasteiger partial charge is 0.445 e. The van der Waals surface area contributed by atoms with Crippen LogP contribution < -0.4 is 5.32 Å². The zero-order valence-corrected chi connectivity index (χ0v) is 12.3. The molecule has 0 unspecified atom stereocenters. The Balaban J connectivity index is 1.70. The smallest absolute Gasteiger partial charge is 0.407 e.